The molecule has 0 spiro atoms. The lowest BCUT2D eigenvalue weighted by Crippen LogP contribution is -2.18. The lowest BCUT2D eigenvalue weighted by Gasteiger charge is -2.32. The summed E-state index contributed by atoms with van der Waals surface area (Å²) in [7, 11) is 7.24. The van der Waals surface area contributed by atoms with Crippen molar-refractivity contribution >= 4 is 0 Å². The normalized spacial score (nSPS) is 21.5. The molecule has 0 fully saturated rings. The van der Waals surface area contributed by atoms with E-state index < -0.39 is 0 Å². The predicted octanol–water partition coefficient (Wildman–Crippen LogP) is 10.5. The Bertz CT molecular complexity index is 2010. The first-order valence-electron chi connectivity index (χ1n) is 24.7. The average molecular weight is 909 g/mol. The van der Waals surface area contributed by atoms with Crippen molar-refractivity contribution in [3.8, 4) is 23.0 Å². The van der Waals surface area contributed by atoms with E-state index in [9.17, 15) is 0 Å². The van der Waals surface area contributed by atoms with Crippen LogP contribution in [0, 0.1) is 0 Å². The summed E-state index contributed by atoms with van der Waals surface area (Å²) in [6, 6.07) is 19.0. The Kier molecular flexibility index (Phi) is 18.6. The van der Waals surface area contributed by atoms with E-state index in [2.05, 4.69) is 76.2 Å². The van der Waals surface area contributed by atoms with Crippen LogP contribution >= 0.6 is 0 Å². The molecule has 360 valence electrons. The molecule has 0 N–H and O–H groups in total. The highest BCUT2D eigenvalue weighted by atomic mass is 16.5. The van der Waals surface area contributed by atoms with Crippen molar-refractivity contribution in [2.24, 2.45) is 0 Å². The van der Waals surface area contributed by atoms with Crippen molar-refractivity contribution in [1.82, 2.24) is 0 Å². The van der Waals surface area contributed by atoms with Gasteiger partial charge in [-0.25, -0.2) is 0 Å². The van der Waals surface area contributed by atoms with Gasteiger partial charge in [-0.15, -0.1) is 0 Å². The molecular weight excluding hydrogens is 833 g/mol. The molecule has 0 amide bonds. The van der Waals surface area contributed by atoms with Gasteiger partial charge in [0.1, 0.15) is 23.0 Å². The van der Waals surface area contributed by atoms with Crippen LogP contribution < -0.4 is 18.9 Å². The second kappa shape index (κ2) is 24.7. The van der Waals surface area contributed by atoms with Crippen LogP contribution in [-0.2, 0) is 54.1 Å². The molecule has 4 atom stereocenters. The zero-order valence-electron chi connectivity index (χ0n) is 41.2. The molecule has 3 aliphatic rings. The minimum absolute atomic E-state index is 0.00630. The highest BCUT2D eigenvalue weighted by Gasteiger charge is 2.32. The number of hydrogen-bond acceptors (Lipinski definition) is 10. The van der Waals surface area contributed by atoms with Gasteiger partial charge in [-0.3, -0.25) is 0 Å². The SMILES string of the molecule is CC[C@@H]1c2cc3c(OC)cc2CCOCCOCCOCCc2cc(OC)c1cc2[C@@H](CC)c1cc2c(cc1OC)CCOCCOCCOCCc1cc(OC)c(cc1[C@H]3CC)[C@@H]2CC. The van der Waals surface area contributed by atoms with Gasteiger partial charge in [-0.05, 0) is 120 Å². The zero-order chi connectivity index (χ0) is 46.4. The topological polar surface area (TPSA) is 92.3 Å². The fourth-order valence-corrected chi connectivity index (χ4v) is 10.8. The number of benzene rings is 4. The largest absolute Gasteiger partial charge is 0.496 e. The van der Waals surface area contributed by atoms with Gasteiger partial charge in [0.2, 0.25) is 0 Å². The summed E-state index contributed by atoms with van der Waals surface area (Å²) in [6.45, 7) is 15.6. The minimum Gasteiger partial charge on any atom is -0.496 e. The van der Waals surface area contributed by atoms with Crippen LogP contribution in [0.2, 0.25) is 0 Å². The van der Waals surface area contributed by atoms with Crippen LogP contribution in [0.15, 0.2) is 48.5 Å². The summed E-state index contributed by atoms with van der Waals surface area (Å²) in [4.78, 5) is 0. The van der Waals surface area contributed by atoms with Gasteiger partial charge < -0.3 is 47.4 Å². The molecule has 2 heterocycles. The van der Waals surface area contributed by atoms with Crippen LogP contribution in [0.25, 0.3) is 0 Å². The van der Waals surface area contributed by atoms with E-state index in [1.165, 1.54) is 66.8 Å². The van der Waals surface area contributed by atoms with Crippen molar-refractivity contribution in [2.45, 2.75) is 103 Å². The molecule has 10 heteroatoms. The summed E-state index contributed by atoms with van der Waals surface area (Å²) in [5.41, 5.74) is 14.6. The van der Waals surface area contributed by atoms with E-state index >= 15 is 0 Å². The van der Waals surface area contributed by atoms with Gasteiger partial charge >= 0.3 is 0 Å². The van der Waals surface area contributed by atoms with Gasteiger partial charge in [0.15, 0.2) is 0 Å². The fraction of sp³-hybridized carbons (Fsp3) is 0.571. The van der Waals surface area contributed by atoms with Crippen molar-refractivity contribution in [3.05, 3.63) is 115 Å². The molecular formula is C56H76O10. The van der Waals surface area contributed by atoms with Gasteiger partial charge in [-0.2, -0.15) is 0 Å². The molecule has 66 heavy (non-hydrogen) atoms. The molecule has 0 radical (unpaired) electrons. The molecule has 0 saturated carbocycles. The first-order valence-corrected chi connectivity index (χ1v) is 24.7. The van der Waals surface area contributed by atoms with Crippen molar-refractivity contribution < 1.29 is 47.4 Å². The molecule has 0 saturated heterocycles. The van der Waals surface area contributed by atoms with Crippen molar-refractivity contribution in [2.75, 3.05) is 108 Å². The summed E-state index contributed by atoms with van der Waals surface area (Å²) in [5.74, 6) is 3.59. The monoisotopic (exact) mass is 909 g/mol. The average Bonchev–Trinajstić information content (AvgIpc) is 3.34. The Hall–Kier alpha value is -4.16. The molecule has 10 bridgehead atoms. The molecule has 0 unspecified atom stereocenters. The fourth-order valence-electron chi connectivity index (χ4n) is 10.8. The lowest BCUT2D eigenvalue weighted by molar-refractivity contribution is 0.0156. The summed E-state index contributed by atoms with van der Waals surface area (Å²) in [6.07, 6.45) is 6.34. The van der Waals surface area contributed by atoms with Crippen LogP contribution in [0.3, 0.4) is 0 Å². The van der Waals surface area contributed by atoms with Crippen LogP contribution in [-0.4, -0.2) is 108 Å². The predicted molar refractivity (Wildman–Crippen MR) is 260 cm³/mol. The number of fused-ring (bicyclic) bond motifs is 10. The third-order valence-corrected chi connectivity index (χ3v) is 14.2. The van der Waals surface area contributed by atoms with Crippen LogP contribution in [0.1, 0.15) is 144 Å². The van der Waals surface area contributed by atoms with Gasteiger partial charge in [0.25, 0.3) is 0 Å². The summed E-state index contributed by atoms with van der Waals surface area (Å²) >= 11 is 0. The van der Waals surface area contributed by atoms with Gasteiger partial charge in [0, 0.05) is 45.9 Å². The Labute approximate surface area is 394 Å². The Balaban J connectivity index is 1.61. The van der Waals surface area contributed by atoms with E-state index in [-0.39, 0.29) is 23.7 Å². The second-order valence-electron chi connectivity index (χ2n) is 17.7. The number of methoxy groups -OCH3 is 4. The number of ether oxygens (including phenoxy) is 10. The van der Waals surface area contributed by atoms with E-state index in [0.29, 0.717) is 79.3 Å². The molecule has 10 nitrogen and oxygen atoms in total. The van der Waals surface area contributed by atoms with Crippen molar-refractivity contribution in [3.63, 3.8) is 0 Å². The second-order valence-corrected chi connectivity index (χ2v) is 17.7. The molecule has 0 aromatic heterocycles. The Morgan fingerprint density at radius 2 is 0.500 bits per heavy atom. The molecule has 4 aromatic rings. The maximum absolute atomic E-state index is 6.45. The molecule has 2 aliphatic heterocycles. The third kappa shape index (κ3) is 11.2. The quantitative estimate of drug-likeness (QED) is 0.170. The van der Waals surface area contributed by atoms with E-state index in [1.807, 2.05) is 28.4 Å². The third-order valence-electron chi connectivity index (χ3n) is 14.2. The first kappa shape index (κ1) is 49.7. The molecule has 4 aromatic carbocycles. The van der Waals surface area contributed by atoms with E-state index in [4.69, 9.17) is 47.4 Å². The zero-order valence-corrected chi connectivity index (χ0v) is 41.2. The Morgan fingerprint density at radius 1 is 0.303 bits per heavy atom. The van der Waals surface area contributed by atoms with Gasteiger partial charge in [0.05, 0.1) is 108 Å². The maximum Gasteiger partial charge on any atom is 0.122 e. The van der Waals surface area contributed by atoms with E-state index in [1.54, 1.807) is 0 Å². The number of hydrogen-bond donors (Lipinski definition) is 0. The van der Waals surface area contributed by atoms with Crippen LogP contribution in [0.5, 0.6) is 23.0 Å². The lowest BCUT2D eigenvalue weighted by atomic mass is 9.75. The van der Waals surface area contributed by atoms with Gasteiger partial charge in [-0.1, -0.05) is 52.0 Å². The van der Waals surface area contributed by atoms with Crippen molar-refractivity contribution in [1.29, 1.82) is 0 Å². The smallest absolute Gasteiger partial charge is 0.122 e. The molecule has 1 aliphatic carbocycles. The number of rotatable bonds is 8. The summed E-state index contributed by atoms with van der Waals surface area (Å²) in [5, 5.41) is 0. The standard InChI is InChI=1S/C56H76O10/c1-9-41-45-33-51-44(12-4)48-36-50-42(10-2)46-34-52(56(60-8)30-38(46)14-18-62-22-26-66-28-24-64-20-16-40(48)32-54(50)58-6)43(11-3)47-35-49(41)53(57-5)31-39(47)15-19-63-23-27-65-25-21-61-17-13-37(45)29-55(51)59-7/h29-36,41-44H,9-28H2,1-8H3/t41-,42-,43-,44-/m1/s1. The van der Waals surface area contributed by atoms with Crippen LogP contribution in [0.4, 0.5) is 0 Å². The maximum atomic E-state index is 6.45. The first-order chi connectivity index (χ1) is 32.4. The Morgan fingerprint density at radius 3 is 0.682 bits per heavy atom. The minimum atomic E-state index is 0.00630. The summed E-state index contributed by atoms with van der Waals surface area (Å²) < 4.78 is 62.6. The molecule has 7 rings (SSSR count). The highest BCUT2D eigenvalue weighted by molar-refractivity contribution is 5.60. The highest BCUT2D eigenvalue weighted by Crippen LogP contribution is 2.49. The van der Waals surface area contributed by atoms with E-state index in [0.717, 1.165) is 74.4 Å².